The SMILES string of the molecule is CC(C)(C)Oc1ccc(-c2ccccc2)cc1.CC(Cc1ccc2ccccc2c1)c1ccccc1.CC12CC3CC(C1)CC(C(=O)OC(C)(C)C)(C3)C2.O=C=O. The molecule has 3 unspecified atom stereocenters. The van der Waals surface area contributed by atoms with Crippen LogP contribution in [0.15, 0.2) is 127 Å². The van der Waals surface area contributed by atoms with E-state index in [4.69, 9.17) is 19.1 Å². The van der Waals surface area contributed by atoms with Gasteiger partial charge in [-0.3, -0.25) is 4.79 Å². The Hall–Kier alpha value is -4.99. The van der Waals surface area contributed by atoms with E-state index in [9.17, 15) is 4.79 Å². The molecule has 0 radical (unpaired) electrons. The normalized spacial score (nSPS) is 22.2. The molecule has 5 aromatic carbocycles. The zero-order valence-electron chi connectivity index (χ0n) is 35.3. The molecule has 0 spiro atoms. The fourth-order valence-corrected chi connectivity index (χ4v) is 9.66. The van der Waals surface area contributed by atoms with E-state index in [-0.39, 0.29) is 28.7 Å². The quantitative estimate of drug-likeness (QED) is 0.161. The van der Waals surface area contributed by atoms with Gasteiger partial charge < -0.3 is 9.47 Å². The van der Waals surface area contributed by atoms with Crippen LogP contribution in [0.4, 0.5) is 0 Å². The summed E-state index contributed by atoms with van der Waals surface area (Å²) in [5, 5.41) is 2.65. The van der Waals surface area contributed by atoms with E-state index >= 15 is 0 Å². The molecule has 5 nitrogen and oxygen atoms in total. The van der Waals surface area contributed by atoms with Crippen molar-refractivity contribution >= 4 is 22.9 Å². The molecule has 3 atom stereocenters. The Bertz CT molecular complexity index is 2050. The molecule has 4 bridgehead atoms. The Balaban J connectivity index is 0.000000158. The van der Waals surface area contributed by atoms with E-state index in [0.29, 0.717) is 11.3 Å². The minimum Gasteiger partial charge on any atom is -0.488 e. The van der Waals surface area contributed by atoms with E-state index in [0.717, 1.165) is 43.3 Å². The van der Waals surface area contributed by atoms with Crippen LogP contribution in [-0.4, -0.2) is 23.3 Å². The molecule has 4 aliphatic carbocycles. The maximum Gasteiger partial charge on any atom is 0.373 e. The number of benzene rings is 5. The highest BCUT2D eigenvalue weighted by molar-refractivity contribution is 5.83. The highest BCUT2D eigenvalue weighted by Crippen LogP contribution is 2.65. The molecular formula is C52H62O5. The average molecular weight is 767 g/mol. The maximum absolute atomic E-state index is 12.6. The van der Waals surface area contributed by atoms with Crippen molar-refractivity contribution in [1.82, 2.24) is 0 Å². The highest BCUT2D eigenvalue weighted by Gasteiger charge is 2.60. The summed E-state index contributed by atoms with van der Waals surface area (Å²) in [6.07, 6.45) is 8.64. The van der Waals surface area contributed by atoms with E-state index in [1.165, 1.54) is 52.3 Å². The Morgan fingerprint density at radius 1 is 0.684 bits per heavy atom. The van der Waals surface area contributed by atoms with Gasteiger partial charge in [-0.25, -0.2) is 0 Å². The lowest BCUT2D eigenvalue weighted by Gasteiger charge is -2.60. The van der Waals surface area contributed by atoms with Crippen molar-refractivity contribution in [2.45, 2.75) is 117 Å². The molecule has 300 valence electrons. The first-order chi connectivity index (χ1) is 27.0. The van der Waals surface area contributed by atoms with Gasteiger partial charge in [0.2, 0.25) is 0 Å². The van der Waals surface area contributed by atoms with E-state index in [1.54, 1.807) is 0 Å². The minimum absolute atomic E-state index is 0.0929. The molecule has 4 saturated carbocycles. The van der Waals surface area contributed by atoms with Crippen molar-refractivity contribution < 1.29 is 23.9 Å². The molecule has 0 N–H and O–H groups in total. The van der Waals surface area contributed by atoms with Gasteiger partial charge in [0.1, 0.15) is 17.0 Å². The van der Waals surface area contributed by atoms with Crippen LogP contribution in [-0.2, 0) is 25.5 Å². The Kier molecular flexibility index (Phi) is 14.0. The molecule has 9 rings (SSSR count). The highest BCUT2D eigenvalue weighted by atomic mass is 16.6. The molecule has 0 amide bonds. The summed E-state index contributed by atoms with van der Waals surface area (Å²) < 4.78 is 11.5. The van der Waals surface area contributed by atoms with E-state index < -0.39 is 0 Å². The van der Waals surface area contributed by atoms with Crippen molar-refractivity contribution in [2.75, 3.05) is 0 Å². The van der Waals surface area contributed by atoms with Crippen LogP contribution in [0, 0.1) is 22.7 Å². The van der Waals surface area contributed by atoms with Gasteiger partial charge in [-0.05, 0) is 155 Å². The summed E-state index contributed by atoms with van der Waals surface area (Å²) in [7, 11) is 0. The second kappa shape index (κ2) is 18.5. The summed E-state index contributed by atoms with van der Waals surface area (Å²) in [6, 6.07) is 44.7. The predicted octanol–water partition coefficient (Wildman–Crippen LogP) is 13.1. The van der Waals surface area contributed by atoms with E-state index in [2.05, 4.69) is 144 Å². The first-order valence-electron chi connectivity index (χ1n) is 20.6. The maximum atomic E-state index is 12.6. The molecule has 4 fully saturated rings. The molecule has 0 aliphatic heterocycles. The summed E-state index contributed by atoms with van der Waals surface area (Å²) in [6.45, 7) is 16.8. The van der Waals surface area contributed by atoms with Crippen molar-refractivity contribution in [3.63, 3.8) is 0 Å². The number of rotatable bonds is 6. The van der Waals surface area contributed by atoms with Gasteiger partial charge in [0.05, 0.1) is 5.41 Å². The molecular weight excluding hydrogens is 705 g/mol. The lowest BCUT2D eigenvalue weighted by atomic mass is 9.44. The van der Waals surface area contributed by atoms with Gasteiger partial charge in [0.25, 0.3) is 0 Å². The number of carbonyl (C=O) groups excluding carboxylic acids is 3. The first kappa shape index (κ1) is 43.1. The minimum atomic E-state index is -0.346. The molecule has 0 saturated heterocycles. The Morgan fingerprint density at radius 3 is 1.75 bits per heavy atom. The number of fused-ring (bicyclic) bond motifs is 1. The molecule has 0 aromatic heterocycles. The third-order valence-corrected chi connectivity index (χ3v) is 11.3. The van der Waals surface area contributed by atoms with Crippen LogP contribution >= 0.6 is 0 Å². The van der Waals surface area contributed by atoms with Crippen LogP contribution in [0.2, 0.25) is 0 Å². The topological polar surface area (TPSA) is 69.7 Å². The number of hydrogen-bond donors (Lipinski definition) is 0. The lowest BCUT2D eigenvalue weighted by molar-refractivity contribution is -0.192. The van der Waals surface area contributed by atoms with Crippen LogP contribution < -0.4 is 4.74 Å². The Labute approximate surface area is 341 Å². The average Bonchev–Trinajstić information content (AvgIpc) is 3.14. The van der Waals surface area contributed by atoms with Gasteiger partial charge in [-0.15, -0.1) is 0 Å². The van der Waals surface area contributed by atoms with Crippen LogP contribution in [0.25, 0.3) is 21.9 Å². The van der Waals surface area contributed by atoms with Crippen LogP contribution in [0.3, 0.4) is 0 Å². The van der Waals surface area contributed by atoms with Crippen molar-refractivity contribution in [2.24, 2.45) is 22.7 Å². The van der Waals surface area contributed by atoms with Crippen LogP contribution in [0.5, 0.6) is 5.75 Å². The fraction of sp³-hybridized carbons (Fsp3) is 0.423. The monoisotopic (exact) mass is 766 g/mol. The first-order valence-corrected chi connectivity index (χ1v) is 20.6. The predicted molar refractivity (Wildman–Crippen MR) is 231 cm³/mol. The van der Waals surface area contributed by atoms with Gasteiger partial charge in [0, 0.05) is 0 Å². The summed E-state index contributed by atoms with van der Waals surface area (Å²) in [5.74, 6) is 3.13. The van der Waals surface area contributed by atoms with Crippen LogP contribution in [0.1, 0.15) is 111 Å². The Morgan fingerprint density at radius 2 is 1.21 bits per heavy atom. The number of carbonyl (C=O) groups is 1. The summed E-state index contributed by atoms with van der Waals surface area (Å²) in [5.41, 5.74) is 5.07. The lowest BCUT2D eigenvalue weighted by Crippen LogP contribution is -2.55. The standard InChI is InChI=1S/C19H18.C16H26O2.C16H18O.CO2/c1-15(17-7-3-2-4-8-17)13-16-11-12-18-9-5-6-10-19(18)14-16;1-14(2,3)18-13(17)16-8-11-5-12(9-16)7-15(4,6-11)10-16;1-16(2,3)17-15-11-9-14(10-12-15)13-7-5-4-6-8-13;2-1-3/h2-12,14-15H,13H2,1H3;11-12H,5-10H2,1-4H3;4-12H,1-3H3;. The zero-order valence-corrected chi connectivity index (χ0v) is 35.3. The molecule has 5 heteroatoms. The zero-order chi connectivity index (χ0) is 41.3. The van der Waals surface area contributed by atoms with Gasteiger partial charge in [-0.2, -0.15) is 9.59 Å². The molecule has 57 heavy (non-hydrogen) atoms. The molecule has 0 heterocycles. The second-order valence-electron chi connectivity index (χ2n) is 18.9. The van der Waals surface area contributed by atoms with Crippen molar-refractivity contribution in [3.8, 4) is 16.9 Å². The van der Waals surface area contributed by atoms with E-state index in [1.807, 2.05) is 39.0 Å². The number of esters is 1. The summed E-state index contributed by atoms with van der Waals surface area (Å²) in [4.78, 5) is 28.9. The van der Waals surface area contributed by atoms with Gasteiger partial charge in [0.15, 0.2) is 0 Å². The van der Waals surface area contributed by atoms with Crippen molar-refractivity contribution in [1.29, 1.82) is 0 Å². The smallest absolute Gasteiger partial charge is 0.373 e. The second-order valence-corrected chi connectivity index (χ2v) is 18.9. The molecule has 4 aliphatic rings. The number of ether oxygens (including phenoxy) is 2. The van der Waals surface area contributed by atoms with Gasteiger partial charge in [-0.1, -0.05) is 129 Å². The molecule has 5 aromatic rings. The van der Waals surface area contributed by atoms with Crippen molar-refractivity contribution in [3.05, 3.63) is 139 Å². The third kappa shape index (κ3) is 12.5. The third-order valence-electron chi connectivity index (χ3n) is 11.3. The summed E-state index contributed by atoms with van der Waals surface area (Å²) >= 11 is 0. The van der Waals surface area contributed by atoms with Gasteiger partial charge >= 0.3 is 12.1 Å². The number of hydrogen-bond acceptors (Lipinski definition) is 5. The largest absolute Gasteiger partial charge is 0.488 e. The fourth-order valence-electron chi connectivity index (χ4n) is 9.66.